The Balaban J connectivity index is 1.62. The number of amides is 1. The van der Waals surface area contributed by atoms with Crippen molar-refractivity contribution in [3.63, 3.8) is 0 Å². The third-order valence-corrected chi connectivity index (χ3v) is 3.33. The summed E-state index contributed by atoms with van der Waals surface area (Å²) in [7, 11) is 0. The maximum atomic E-state index is 12.0. The van der Waals surface area contributed by atoms with Crippen LogP contribution in [-0.4, -0.2) is 29.1 Å². The standard InChI is InChI=1S/C14H17N3O3/c1-10-8-13(16-20-10)15-14(18)12-5-4-11(19-12)9-17-6-2-3-7-17/h4-5,8H,2-3,6-7,9H2,1H3,(H,15,16,18). The van der Waals surface area contributed by atoms with Gasteiger partial charge in [-0.1, -0.05) is 5.16 Å². The molecule has 106 valence electrons. The Labute approximate surface area is 116 Å². The number of hydrogen-bond donors (Lipinski definition) is 1. The average molecular weight is 275 g/mol. The molecule has 0 radical (unpaired) electrons. The summed E-state index contributed by atoms with van der Waals surface area (Å²) in [6.45, 7) is 4.72. The lowest BCUT2D eigenvalue weighted by atomic mass is 10.4. The SMILES string of the molecule is Cc1cc(NC(=O)c2ccc(CN3CCCC3)o2)no1. The van der Waals surface area contributed by atoms with Crippen LogP contribution in [0.4, 0.5) is 5.82 Å². The maximum absolute atomic E-state index is 12.0. The lowest BCUT2D eigenvalue weighted by molar-refractivity contribution is 0.0992. The minimum absolute atomic E-state index is 0.292. The Kier molecular flexibility index (Phi) is 3.56. The molecule has 0 aromatic carbocycles. The fourth-order valence-corrected chi connectivity index (χ4v) is 2.35. The molecule has 1 aliphatic rings. The molecule has 6 nitrogen and oxygen atoms in total. The van der Waals surface area contributed by atoms with Crippen molar-refractivity contribution in [1.29, 1.82) is 0 Å². The summed E-state index contributed by atoms with van der Waals surface area (Å²) in [6, 6.07) is 5.20. The van der Waals surface area contributed by atoms with Gasteiger partial charge in [-0.05, 0) is 45.0 Å². The minimum atomic E-state index is -0.314. The topological polar surface area (TPSA) is 71.5 Å². The van der Waals surface area contributed by atoms with Gasteiger partial charge in [-0.25, -0.2) is 0 Å². The highest BCUT2D eigenvalue weighted by Gasteiger charge is 2.16. The summed E-state index contributed by atoms with van der Waals surface area (Å²) >= 11 is 0. The van der Waals surface area contributed by atoms with Crippen molar-refractivity contribution < 1.29 is 13.7 Å². The van der Waals surface area contributed by atoms with Gasteiger partial charge in [0.15, 0.2) is 11.6 Å². The first-order chi connectivity index (χ1) is 9.70. The molecule has 1 N–H and O–H groups in total. The molecule has 2 aromatic heterocycles. The molecule has 0 atom stereocenters. The molecule has 20 heavy (non-hydrogen) atoms. The fraction of sp³-hybridized carbons (Fsp3) is 0.429. The molecule has 1 amide bonds. The van der Waals surface area contributed by atoms with E-state index < -0.39 is 0 Å². The van der Waals surface area contributed by atoms with E-state index in [4.69, 9.17) is 8.94 Å². The van der Waals surface area contributed by atoms with E-state index in [1.807, 2.05) is 6.07 Å². The number of rotatable bonds is 4. The number of likely N-dealkylation sites (tertiary alicyclic amines) is 1. The van der Waals surface area contributed by atoms with Crippen LogP contribution in [-0.2, 0) is 6.54 Å². The fourth-order valence-electron chi connectivity index (χ4n) is 2.35. The summed E-state index contributed by atoms with van der Waals surface area (Å²) in [5.41, 5.74) is 0. The molecule has 3 heterocycles. The monoisotopic (exact) mass is 275 g/mol. The van der Waals surface area contributed by atoms with Gasteiger partial charge in [-0.2, -0.15) is 0 Å². The third kappa shape index (κ3) is 2.91. The largest absolute Gasteiger partial charge is 0.455 e. The number of aryl methyl sites for hydroxylation is 1. The van der Waals surface area contributed by atoms with Gasteiger partial charge < -0.3 is 14.3 Å². The van der Waals surface area contributed by atoms with E-state index in [1.165, 1.54) is 12.8 Å². The summed E-state index contributed by atoms with van der Waals surface area (Å²) in [5.74, 6) is 1.83. The Bertz CT molecular complexity index is 596. The van der Waals surface area contributed by atoms with Crippen molar-refractivity contribution >= 4 is 11.7 Å². The third-order valence-electron chi connectivity index (χ3n) is 3.33. The number of nitrogens with zero attached hydrogens (tertiary/aromatic N) is 2. The van der Waals surface area contributed by atoms with E-state index in [0.717, 1.165) is 25.4 Å². The zero-order valence-electron chi connectivity index (χ0n) is 11.4. The highest BCUT2D eigenvalue weighted by molar-refractivity contribution is 6.01. The zero-order chi connectivity index (χ0) is 13.9. The number of nitrogens with one attached hydrogen (secondary N) is 1. The average Bonchev–Trinajstić information content (AvgIpc) is 3.12. The van der Waals surface area contributed by atoms with Crippen molar-refractivity contribution in [3.05, 3.63) is 35.5 Å². The molecule has 1 aliphatic heterocycles. The van der Waals surface area contributed by atoms with Crippen LogP contribution in [0.1, 0.15) is 34.9 Å². The van der Waals surface area contributed by atoms with E-state index in [1.54, 1.807) is 19.1 Å². The van der Waals surface area contributed by atoms with Crippen molar-refractivity contribution in [2.45, 2.75) is 26.3 Å². The summed E-state index contributed by atoms with van der Waals surface area (Å²) in [6.07, 6.45) is 2.47. The second-order valence-corrected chi connectivity index (χ2v) is 5.03. The number of carbonyl (C=O) groups is 1. The molecular formula is C14H17N3O3. The molecule has 0 unspecified atom stereocenters. The van der Waals surface area contributed by atoms with E-state index in [0.29, 0.717) is 17.3 Å². The van der Waals surface area contributed by atoms with Gasteiger partial charge in [-0.15, -0.1) is 0 Å². The van der Waals surface area contributed by atoms with Crippen LogP contribution in [0.25, 0.3) is 0 Å². The highest BCUT2D eigenvalue weighted by Crippen LogP contribution is 2.16. The number of furan rings is 1. The van der Waals surface area contributed by atoms with Gasteiger partial charge in [-0.3, -0.25) is 9.69 Å². The van der Waals surface area contributed by atoms with Gasteiger partial charge in [0, 0.05) is 6.07 Å². The van der Waals surface area contributed by atoms with E-state index >= 15 is 0 Å². The first kappa shape index (κ1) is 12.9. The van der Waals surface area contributed by atoms with Crippen LogP contribution in [0.15, 0.2) is 27.1 Å². The second kappa shape index (κ2) is 5.50. The van der Waals surface area contributed by atoms with Gasteiger partial charge in [0.05, 0.1) is 6.54 Å². The molecule has 6 heteroatoms. The second-order valence-electron chi connectivity index (χ2n) is 5.03. The lowest BCUT2D eigenvalue weighted by Gasteiger charge is -2.11. The van der Waals surface area contributed by atoms with Gasteiger partial charge >= 0.3 is 0 Å². The predicted molar refractivity (Wildman–Crippen MR) is 72.4 cm³/mol. The highest BCUT2D eigenvalue weighted by atomic mass is 16.5. The van der Waals surface area contributed by atoms with Gasteiger partial charge in [0.1, 0.15) is 11.5 Å². The Morgan fingerprint density at radius 1 is 1.40 bits per heavy atom. The molecule has 0 bridgehead atoms. The molecule has 2 aromatic rings. The van der Waals surface area contributed by atoms with Crippen LogP contribution in [0.5, 0.6) is 0 Å². The van der Waals surface area contributed by atoms with Gasteiger partial charge in [0.25, 0.3) is 5.91 Å². The summed E-state index contributed by atoms with van der Waals surface area (Å²) in [4.78, 5) is 14.3. The minimum Gasteiger partial charge on any atom is -0.455 e. The van der Waals surface area contributed by atoms with Crippen molar-refractivity contribution in [2.75, 3.05) is 18.4 Å². The van der Waals surface area contributed by atoms with E-state index in [-0.39, 0.29) is 5.91 Å². The first-order valence-corrected chi connectivity index (χ1v) is 6.76. The molecule has 1 saturated heterocycles. The van der Waals surface area contributed by atoms with Crippen LogP contribution in [0.3, 0.4) is 0 Å². The molecule has 0 aliphatic carbocycles. The lowest BCUT2D eigenvalue weighted by Crippen LogP contribution is -2.18. The maximum Gasteiger partial charge on any atom is 0.292 e. The summed E-state index contributed by atoms with van der Waals surface area (Å²) < 4.78 is 10.5. The zero-order valence-corrected chi connectivity index (χ0v) is 11.4. The van der Waals surface area contributed by atoms with E-state index in [2.05, 4.69) is 15.4 Å². The normalized spacial score (nSPS) is 15.7. The van der Waals surface area contributed by atoms with Crippen molar-refractivity contribution in [1.82, 2.24) is 10.1 Å². The van der Waals surface area contributed by atoms with Crippen LogP contribution < -0.4 is 5.32 Å². The van der Waals surface area contributed by atoms with Crippen LogP contribution in [0, 0.1) is 6.92 Å². The van der Waals surface area contributed by atoms with Crippen molar-refractivity contribution in [2.24, 2.45) is 0 Å². The Morgan fingerprint density at radius 2 is 2.20 bits per heavy atom. The van der Waals surface area contributed by atoms with E-state index in [9.17, 15) is 4.79 Å². The predicted octanol–water partition coefficient (Wildman–Crippen LogP) is 2.42. The molecule has 3 rings (SSSR count). The number of carbonyl (C=O) groups excluding carboxylic acids is 1. The number of aromatic nitrogens is 1. The van der Waals surface area contributed by atoms with Gasteiger partial charge in [0.2, 0.25) is 0 Å². The molecular weight excluding hydrogens is 258 g/mol. The summed E-state index contributed by atoms with van der Waals surface area (Å²) in [5, 5.41) is 6.35. The van der Waals surface area contributed by atoms with Crippen molar-refractivity contribution in [3.8, 4) is 0 Å². The molecule has 0 saturated carbocycles. The Hall–Kier alpha value is -2.08. The van der Waals surface area contributed by atoms with Crippen LogP contribution in [0.2, 0.25) is 0 Å². The first-order valence-electron chi connectivity index (χ1n) is 6.76. The number of anilines is 1. The molecule has 1 fully saturated rings. The quantitative estimate of drug-likeness (QED) is 0.927. The smallest absolute Gasteiger partial charge is 0.292 e. The molecule has 0 spiro atoms. The van der Waals surface area contributed by atoms with Crippen LogP contribution >= 0.6 is 0 Å². The number of hydrogen-bond acceptors (Lipinski definition) is 5. The Morgan fingerprint density at radius 3 is 2.90 bits per heavy atom.